The number of hydrogen-bond donors (Lipinski definition) is 0. The highest BCUT2D eigenvalue weighted by Crippen LogP contribution is 2.55. The van der Waals surface area contributed by atoms with E-state index in [2.05, 4.69) is 199 Å². The van der Waals surface area contributed by atoms with Crippen molar-refractivity contribution in [1.29, 1.82) is 0 Å². The van der Waals surface area contributed by atoms with Gasteiger partial charge in [0.1, 0.15) is 22.7 Å². The predicted octanol–water partition coefficient (Wildman–Crippen LogP) is 13.9. The Hall–Kier alpha value is -6.24. The van der Waals surface area contributed by atoms with E-state index >= 15 is 0 Å². The standard InChI is InChI=1S/C56H55N3O2Si/c1-35(2)45-21-16-22-46(36(3)4)52(45)39-29-41(59-51-26-15-12-20-47(51)48-23-17-27-57-53(48)59)33-42(30-39)60-43-31-40(32-44(34-43)62(7,8)9)54-58-55(5)49-24-13-10-18-37(49)28-38-19-11-14-25-50(38)56(55,6)61-54/h10-27,29-36H,28H2,1-9H3/t55-,56+/m1/s1. The Labute approximate surface area is 367 Å². The molecule has 2 aromatic heterocycles. The molecule has 0 bridgehead atoms. The second-order valence-corrected chi connectivity index (χ2v) is 24.4. The Morgan fingerprint density at radius 2 is 1.27 bits per heavy atom. The third kappa shape index (κ3) is 6.41. The number of aromatic nitrogens is 2. The SMILES string of the molecule is CC(C)c1cccc(C(C)C)c1-c1cc(Oc2cc(C3=N[C@]4(C)c5ccccc5Cc5ccccc5[C@]4(C)O3)cc([Si](C)(C)C)c2)cc(-n2c3ccccc3c3cccnc32)c1. The van der Waals surface area contributed by atoms with Gasteiger partial charge in [0.2, 0.25) is 5.90 Å². The summed E-state index contributed by atoms with van der Waals surface area (Å²) in [5.74, 6) is 2.81. The van der Waals surface area contributed by atoms with Crippen LogP contribution in [-0.4, -0.2) is 23.5 Å². The van der Waals surface area contributed by atoms with E-state index in [1.807, 2.05) is 12.3 Å². The zero-order chi connectivity index (χ0) is 43.1. The fraction of sp³-hybridized carbons (Fsp3) is 0.250. The number of nitrogens with zero attached hydrogens (tertiary/aromatic N) is 3. The van der Waals surface area contributed by atoms with Crippen LogP contribution in [-0.2, 0) is 22.3 Å². The number of fused-ring (bicyclic) bond motifs is 8. The van der Waals surface area contributed by atoms with Crippen molar-refractivity contribution < 1.29 is 9.47 Å². The molecule has 1 aliphatic heterocycles. The minimum Gasteiger partial charge on any atom is -0.463 e. The molecule has 0 fully saturated rings. The lowest BCUT2D eigenvalue weighted by Crippen LogP contribution is -2.42. The molecule has 0 saturated heterocycles. The first-order chi connectivity index (χ1) is 29.7. The molecule has 62 heavy (non-hydrogen) atoms. The highest BCUT2D eigenvalue weighted by atomic mass is 28.3. The smallest absolute Gasteiger partial charge is 0.218 e. The van der Waals surface area contributed by atoms with Gasteiger partial charge in [-0.25, -0.2) is 9.98 Å². The topological polar surface area (TPSA) is 48.6 Å². The second-order valence-electron chi connectivity index (χ2n) is 19.3. The number of rotatable bonds is 8. The maximum absolute atomic E-state index is 7.28. The van der Waals surface area contributed by atoms with Crippen LogP contribution in [0.3, 0.4) is 0 Å². The zero-order valence-corrected chi connectivity index (χ0v) is 38.4. The van der Waals surface area contributed by atoms with Crippen LogP contribution >= 0.6 is 0 Å². The molecular formula is C56H55N3O2Si. The van der Waals surface area contributed by atoms with Gasteiger partial charge in [0.25, 0.3) is 0 Å². The summed E-state index contributed by atoms with van der Waals surface area (Å²) >= 11 is 0. The summed E-state index contributed by atoms with van der Waals surface area (Å²) in [6.45, 7) is 20.8. The lowest BCUT2D eigenvalue weighted by atomic mass is 9.74. The molecule has 2 aliphatic rings. The first-order valence-electron chi connectivity index (χ1n) is 22.2. The number of ether oxygens (including phenoxy) is 2. The molecule has 6 aromatic carbocycles. The predicted molar refractivity (Wildman–Crippen MR) is 260 cm³/mol. The van der Waals surface area contributed by atoms with Crippen molar-refractivity contribution in [2.45, 2.75) is 90.6 Å². The van der Waals surface area contributed by atoms with Crippen LogP contribution in [0.4, 0.5) is 0 Å². The van der Waals surface area contributed by atoms with Crippen LogP contribution < -0.4 is 9.92 Å². The van der Waals surface area contributed by atoms with Crippen LogP contribution in [0.1, 0.15) is 92.3 Å². The molecule has 0 N–H and O–H groups in total. The summed E-state index contributed by atoms with van der Waals surface area (Å²) < 4.78 is 16.8. The average Bonchev–Trinajstić information content (AvgIpc) is 3.72. The summed E-state index contributed by atoms with van der Waals surface area (Å²) in [7, 11) is -1.89. The van der Waals surface area contributed by atoms with Crippen molar-refractivity contribution in [3.63, 3.8) is 0 Å². The van der Waals surface area contributed by atoms with E-state index in [4.69, 9.17) is 19.5 Å². The Morgan fingerprint density at radius 1 is 0.645 bits per heavy atom. The lowest BCUT2D eigenvalue weighted by molar-refractivity contribution is 0.0289. The maximum Gasteiger partial charge on any atom is 0.218 e. The van der Waals surface area contributed by atoms with Gasteiger partial charge in [-0.05, 0) is 114 Å². The molecule has 5 nitrogen and oxygen atoms in total. The molecule has 310 valence electrons. The van der Waals surface area contributed by atoms with E-state index in [0.29, 0.717) is 17.7 Å². The fourth-order valence-electron chi connectivity index (χ4n) is 10.1. The van der Waals surface area contributed by atoms with Gasteiger partial charge in [-0.3, -0.25) is 4.57 Å². The molecule has 0 saturated carbocycles. The highest BCUT2D eigenvalue weighted by Gasteiger charge is 2.57. The normalized spacial score (nSPS) is 18.3. The average molecular weight is 830 g/mol. The third-order valence-corrected chi connectivity index (χ3v) is 15.5. The molecule has 0 amide bonds. The summed E-state index contributed by atoms with van der Waals surface area (Å²) in [5, 5.41) is 3.56. The van der Waals surface area contributed by atoms with E-state index in [1.165, 1.54) is 49.5 Å². The van der Waals surface area contributed by atoms with E-state index in [0.717, 1.165) is 51.3 Å². The van der Waals surface area contributed by atoms with Crippen molar-refractivity contribution in [3.8, 4) is 28.3 Å². The zero-order valence-electron chi connectivity index (χ0n) is 37.4. The van der Waals surface area contributed by atoms with Gasteiger partial charge in [0.05, 0.1) is 19.3 Å². The number of para-hydroxylation sites is 1. The minimum absolute atomic E-state index is 0.324. The van der Waals surface area contributed by atoms with Crippen LogP contribution in [0.5, 0.6) is 11.5 Å². The van der Waals surface area contributed by atoms with Gasteiger partial charge in [-0.2, -0.15) is 0 Å². The Morgan fingerprint density at radius 3 is 2.00 bits per heavy atom. The van der Waals surface area contributed by atoms with Gasteiger partial charge >= 0.3 is 0 Å². The Kier molecular flexibility index (Phi) is 9.45. The summed E-state index contributed by atoms with van der Waals surface area (Å²) in [6.07, 6.45) is 2.73. The maximum atomic E-state index is 7.28. The van der Waals surface area contributed by atoms with Crippen molar-refractivity contribution in [1.82, 2.24) is 9.55 Å². The lowest BCUT2D eigenvalue weighted by Gasteiger charge is -2.38. The van der Waals surface area contributed by atoms with Crippen LogP contribution in [0.2, 0.25) is 19.6 Å². The molecule has 0 spiro atoms. The van der Waals surface area contributed by atoms with Gasteiger partial charge in [-0.15, -0.1) is 0 Å². The third-order valence-electron chi connectivity index (χ3n) is 13.5. The summed E-state index contributed by atoms with van der Waals surface area (Å²) in [4.78, 5) is 10.6. The largest absolute Gasteiger partial charge is 0.463 e. The summed E-state index contributed by atoms with van der Waals surface area (Å²) in [5.41, 5.74) is 12.6. The first kappa shape index (κ1) is 39.9. The van der Waals surface area contributed by atoms with Crippen molar-refractivity contribution in [2.75, 3.05) is 0 Å². The van der Waals surface area contributed by atoms with Crippen LogP contribution in [0.15, 0.2) is 151 Å². The van der Waals surface area contributed by atoms with Crippen LogP contribution in [0, 0.1) is 0 Å². The molecule has 0 unspecified atom stereocenters. The van der Waals surface area contributed by atoms with E-state index < -0.39 is 19.2 Å². The molecule has 8 aromatic rings. The number of benzene rings is 6. The Balaban J connectivity index is 1.17. The quantitative estimate of drug-likeness (QED) is 0.143. The minimum atomic E-state index is -1.89. The number of hydrogen-bond acceptors (Lipinski definition) is 4. The van der Waals surface area contributed by atoms with Gasteiger partial charge < -0.3 is 9.47 Å². The highest BCUT2D eigenvalue weighted by molar-refractivity contribution is 6.88. The van der Waals surface area contributed by atoms with Gasteiger partial charge in [0, 0.05) is 34.2 Å². The Bertz CT molecular complexity index is 3020. The summed E-state index contributed by atoms with van der Waals surface area (Å²) in [6, 6.07) is 50.4. The number of pyridine rings is 1. The van der Waals surface area contributed by atoms with E-state index in [9.17, 15) is 0 Å². The van der Waals surface area contributed by atoms with Crippen LogP contribution in [0.25, 0.3) is 38.8 Å². The second kappa shape index (κ2) is 14.7. The fourth-order valence-corrected chi connectivity index (χ4v) is 11.2. The molecule has 3 heterocycles. The van der Waals surface area contributed by atoms with Gasteiger partial charge in [0.15, 0.2) is 5.60 Å². The monoisotopic (exact) mass is 829 g/mol. The van der Waals surface area contributed by atoms with Crippen molar-refractivity contribution in [3.05, 3.63) is 185 Å². The molecule has 0 radical (unpaired) electrons. The van der Waals surface area contributed by atoms with E-state index in [-0.39, 0.29) is 0 Å². The molecule has 2 atom stereocenters. The van der Waals surface area contributed by atoms with Gasteiger partial charge in [-0.1, -0.05) is 144 Å². The molecule has 10 rings (SSSR count). The van der Waals surface area contributed by atoms with E-state index in [1.54, 1.807) is 0 Å². The molecule has 1 aliphatic carbocycles. The first-order valence-corrected chi connectivity index (χ1v) is 25.7. The molecular weight excluding hydrogens is 775 g/mol. The van der Waals surface area contributed by atoms with Crippen molar-refractivity contribution in [2.24, 2.45) is 4.99 Å². The number of aliphatic imine (C=N–C) groups is 1. The van der Waals surface area contributed by atoms with Crippen molar-refractivity contribution >= 4 is 41.1 Å². The molecule has 6 heteroatoms.